The highest BCUT2D eigenvalue weighted by atomic mass is 16.5. The van der Waals surface area contributed by atoms with Crippen LogP contribution in [0.1, 0.15) is 35.5 Å². The van der Waals surface area contributed by atoms with Crippen molar-refractivity contribution >= 4 is 0 Å². The number of nitrogens with zero attached hydrogens (tertiary/aromatic N) is 2. The van der Waals surface area contributed by atoms with Gasteiger partial charge in [-0.2, -0.15) is 4.98 Å². The lowest BCUT2D eigenvalue weighted by molar-refractivity contribution is 0.372. The average Bonchev–Trinajstić information content (AvgIpc) is 3.09. The van der Waals surface area contributed by atoms with Crippen LogP contribution < -0.4 is 5.32 Å². The number of hydrogen-bond donors (Lipinski definition) is 1. The fourth-order valence-electron chi connectivity index (χ4n) is 2.29. The molecule has 2 aromatic rings. The Kier molecular flexibility index (Phi) is 3.11. The second-order valence-corrected chi connectivity index (χ2v) is 4.76. The molecule has 3 rings (SSSR count). The highest BCUT2D eigenvalue weighted by Crippen LogP contribution is 2.53. The molecule has 2 unspecified atom stereocenters. The van der Waals surface area contributed by atoms with Gasteiger partial charge in [0.2, 0.25) is 5.89 Å². The van der Waals surface area contributed by atoms with E-state index in [4.69, 9.17) is 4.52 Å². The Labute approximate surface area is 106 Å². The van der Waals surface area contributed by atoms with Crippen LogP contribution in [0.3, 0.4) is 0 Å². The third-order valence-electron chi connectivity index (χ3n) is 3.42. The molecule has 1 aliphatic carbocycles. The summed E-state index contributed by atoms with van der Waals surface area (Å²) in [5, 5.41) is 7.10. The zero-order valence-electron chi connectivity index (χ0n) is 10.5. The van der Waals surface area contributed by atoms with E-state index in [9.17, 15) is 0 Å². The van der Waals surface area contributed by atoms with Gasteiger partial charge in [-0.1, -0.05) is 35.5 Å². The molecule has 1 saturated carbocycles. The maximum absolute atomic E-state index is 5.35. The van der Waals surface area contributed by atoms with Gasteiger partial charge in [0.05, 0.1) is 0 Å². The van der Waals surface area contributed by atoms with Crippen LogP contribution in [0.5, 0.6) is 0 Å². The topological polar surface area (TPSA) is 51.0 Å². The first-order valence-electron chi connectivity index (χ1n) is 6.40. The molecule has 2 atom stereocenters. The number of hydrogen-bond acceptors (Lipinski definition) is 4. The molecule has 0 amide bonds. The minimum atomic E-state index is 0.420. The largest absolute Gasteiger partial charge is 0.339 e. The van der Waals surface area contributed by atoms with E-state index >= 15 is 0 Å². The SMILES string of the molecule is CNCCc1noc(C2CC2c2ccccc2)n1. The monoisotopic (exact) mass is 243 g/mol. The molecule has 1 aliphatic rings. The van der Waals surface area contributed by atoms with Crippen molar-refractivity contribution in [1.82, 2.24) is 15.5 Å². The first-order valence-corrected chi connectivity index (χ1v) is 6.40. The average molecular weight is 243 g/mol. The Bertz CT molecular complexity index is 509. The van der Waals surface area contributed by atoms with Crippen molar-refractivity contribution in [3.63, 3.8) is 0 Å². The first kappa shape index (κ1) is 11.4. The van der Waals surface area contributed by atoms with Gasteiger partial charge in [-0.15, -0.1) is 0 Å². The highest BCUT2D eigenvalue weighted by Gasteiger charge is 2.43. The Morgan fingerprint density at radius 2 is 2.11 bits per heavy atom. The fourth-order valence-corrected chi connectivity index (χ4v) is 2.29. The molecule has 0 radical (unpaired) electrons. The van der Waals surface area contributed by atoms with Gasteiger partial charge in [-0.3, -0.25) is 0 Å². The van der Waals surface area contributed by atoms with E-state index in [1.165, 1.54) is 5.56 Å². The minimum absolute atomic E-state index is 0.420. The van der Waals surface area contributed by atoms with Gasteiger partial charge in [0.25, 0.3) is 0 Å². The van der Waals surface area contributed by atoms with Crippen LogP contribution in [0.25, 0.3) is 0 Å². The molecule has 1 fully saturated rings. The van der Waals surface area contributed by atoms with E-state index in [1.807, 2.05) is 13.1 Å². The molecule has 18 heavy (non-hydrogen) atoms. The number of benzene rings is 1. The van der Waals surface area contributed by atoms with Crippen LogP contribution in [-0.2, 0) is 6.42 Å². The molecule has 94 valence electrons. The van der Waals surface area contributed by atoms with Crippen LogP contribution >= 0.6 is 0 Å². The lowest BCUT2D eigenvalue weighted by Crippen LogP contribution is -2.11. The second kappa shape index (κ2) is 4.90. The maximum Gasteiger partial charge on any atom is 0.230 e. The summed E-state index contributed by atoms with van der Waals surface area (Å²) in [6.45, 7) is 0.881. The normalized spacial score (nSPS) is 22.1. The van der Waals surface area contributed by atoms with Gasteiger partial charge >= 0.3 is 0 Å². The van der Waals surface area contributed by atoms with Gasteiger partial charge in [-0.25, -0.2) is 0 Å². The Morgan fingerprint density at radius 1 is 1.28 bits per heavy atom. The number of rotatable bonds is 5. The molecule has 0 bridgehead atoms. The second-order valence-electron chi connectivity index (χ2n) is 4.76. The zero-order valence-corrected chi connectivity index (χ0v) is 10.5. The smallest absolute Gasteiger partial charge is 0.230 e. The molecular weight excluding hydrogens is 226 g/mol. The highest BCUT2D eigenvalue weighted by molar-refractivity contribution is 5.30. The van der Waals surface area contributed by atoms with Crippen LogP contribution in [0.2, 0.25) is 0 Å². The van der Waals surface area contributed by atoms with Crippen LogP contribution in [-0.4, -0.2) is 23.7 Å². The summed E-state index contributed by atoms with van der Waals surface area (Å²) in [5.74, 6) is 2.58. The third kappa shape index (κ3) is 2.29. The van der Waals surface area contributed by atoms with Gasteiger partial charge in [0.1, 0.15) is 0 Å². The van der Waals surface area contributed by atoms with E-state index in [2.05, 4.69) is 39.7 Å². The van der Waals surface area contributed by atoms with E-state index < -0.39 is 0 Å². The van der Waals surface area contributed by atoms with Crippen molar-refractivity contribution in [2.24, 2.45) is 0 Å². The summed E-state index contributed by atoms with van der Waals surface area (Å²) in [6.07, 6.45) is 1.94. The lowest BCUT2D eigenvalue weighted by atomic mass is 10.1. The molecule has 0 aliphatic heterocycles. The van der Waals surface area contributed by atoms with Crippen LogP contribution in [0.4, 0.5) is 0 Å². The van der Waals surface area contributed by atoms with Crippen LogP contribution in [0.15, 0.2) is 34.9 Å². The van der Waals surface area contributed by atoms with E-state index in [0.717, 1.165) is 31.1 Å². The summed E-state index contributed by atoms with van der Waals surface area (Å²) in [4.78, 5) is 4.47. The number of aromatic nitrogens is 2. The van der Waals surface area contributed by atoms with Crippen molar-refractivity contribution in [3.05, 3.63) is 47.6 Å². The predicted octanol–water partition coefficient (Wildman–Crippen LogP) is 2.10. The Balaban J connectivity index is 1.65. The van der Waals surface area contributed by atoms with Crippen molar-refractivity contribution in [2.75, 3.05) is 13.6 Å². The Morgan fingerprint density at radius 3 is 2.89 bits per heavy atom. The maximum atomic E-state index is 5.35. The first-order chi connectivity index (χ1) is 8.88. The zero-order chi connectivity index (χ0) is 12.4. The molecule has 1 heterocycles. The summed E-state index contributed by atoms with van der Waals surface area (Å²) >= 11 is 0. The van der Waals surface area contributed by atoms with E-state index in [-0.39, 0.29) is 0 Å². The van der Waals surface area contributed by atoms with Gasteiger partial charge in [-0.05, 0) is 24.9 Å². The van der Waals surface area contributed by atoms with Crippen LogP contribution in [0, 0.1) is 0 Å². The molecule has 1 N–H and O–H groups in total. The molecular formula is C14H17N3O. The van der Waals surface area contributed by atoms with Crippen molar-refractivity contribution < 1.29 is 4.52 Å². The summed E-state index contributed by atoms with van der Waals surface area (Å²) in [5.41, 5.74) is 1.37. The van der Waals surface area contributed by atoms with Crippen molar-refractivity contribution in [1.29, 1.82) is 0 Å². The molecule has 0 saturated heterocycles. The Hall–Kier alpha value is -1.68. The molecule has 0 spiro atoms. The molecule has 1 aromatic carbocycles. The number of nitrogens with one attached hydrogen (secondary N) is 1. The minimum Gasteiger partial charge on any atom is -0.339 e. The number of likely N-dealkylation sites (N-methyl/N-ethyl adjacent to an activating group) is 1. The quantitative estimate of drug-likeness (QED) is 0.873. The molecule has 1 aromatic heterocycles. The molecule has 4 nitrogen and oxygen atoms in total. The summed E-state index contributed by atoms with van der Waals surface area (Å²) in [6, 6.07) is 10.5. The van der Waals surface area contributed by atoms with E-state index in [1.54, 1.807) is 0 Å². The van der Waals surface area contributed by atoms with Gasteiger partial charge < -0.3 is 9.84 Å². The third-order valence-corrected chi connectivity index (χ3v) is 3.42. The van der Waals surface area contributed by atoms with Gasteiger partial charge in [0.15, 0.2) is 5.82 Å². The summed E-state index contributed by atoms with van der Waals surface area (Å²) in [7, 11) is 1.92. The standard InChI is InChI=1S/C14H17N3O/c1-15-8-7-13-16-14(18-17-13)12-9-11(12)10-5-3-2-4-6-10/h2-6,11-12,15H,7-9H2,1H3. The van der Waals surface area contributed by atoms with Crippen molar-refractivity contribution in [3.8, 4) is 0 Å². The van der Waals surface area contributed by atoms with E-state index in [0.29, 0.717) is 11.8 Å². The van der Waals surface area contributed by atoms with Gasteiger partial charge in [0, 0.05) is 18.9 Å². The summed E-state index contributed by atoms with van der Waals surface area (Å²) < 4.78 is 5.35. The lowest BCUT2D eigenvalue weighted by Gasteiger charge is -1.96. The van der Waals surface area contributed by atoms with Crippen molar-refractivity contribution in [2.45, 2.75) is 24.7 Å². The predicted molar refractivity (Wildman–Crippen MR) is 68.5 cm³/mol. The molecule has 4 heteroatoms. The fraction of sp³-hybridized carbons (Fsp3) is 0.429.